The molecule has 0 bridgehead atoms. The molecule has 0 saturated carbocycles. The molecule has 2 aromatic rings. The summed E-state index contributed by atoms with van der Waals surface area (Å²) in [5, 5.41) is 3.15. The molecule has 0 spiro atoms. The number of carbonyl (C=O) groups excluding carboxylic acids is 1. The lowest BCUT2D eigenvalue weighted by Crippen LogP contribution is -2.12. The molecule has 1 aromatic heterocycles. The summed E-state index contributed by atoms with van der Waals surface area (Å²) in [5.74, 6) is -0.244. The highest BCUT2D eigenvalue weighted by Crippen LogP contribution is 2.30. The summed E-state index contributed by atoms with van der Waals surface area (Å²) in [7, 11) is 0. The number of pyridine rings is 1. The summed E-state index contributed by atoms with van der Waals surface area (Å²) in [5.41, 5.74) is 1.12. The van der Waals surface area contributed by atoms with E-state index in [2.05, 4.69) is 42.2 Å². The first-order valence-corrected chi connectivity index (χ1v) is 6.91. The fraction of sp³-hybridized carbons (Fsp3) is 0. The molecule has 0 unspecified atom stereocenters. The van der Waals surface area contributed by atoms with Crippen LogP contribution in [-0.2, 0) is 0 Å². The molecule has 1 heterocycles. The van der Waals surface area contributed by atoms with Crippen LogP contribution in [-0.4, -0.2) is 10.9 Å². The molecule has 1 N–H and O–H groups in total. The minimum Gasteiger partial charge on any atom is -0.320 e. The van der Waals surface area contributed by atoms with Gasteiger partial charge >= 0.3 is 0 Å². The first kappa shape index (κ1) is 13.5. The van der Waals surface area contributed by atoms with Crippen molar-refractivity contribution in [2.24, 2.45) is 0 Å². The SMILES string of the molecule is O=C(Nc1c(Br)cccc1Br)c1ccc(Cl)nc1. The maximum absolute atomic E-state index is 12.0. The Hall–Kier alpha value is -0.910. The molecular weight excluding hydrogens is 383 g/mol. The number of amides is 1. The summed E-state index contributed by atoms with van der Waals surface area (Å²) in [4.78, 5) is 15.9. The van der Waals surface area contributed by atoms with Gasteiger partial charge in [0.1, 0.15) is 5.15 Å². The molecule has 92 valence electrons. The fourth-order valence-electron chi connectivity index (χ4n) is 1.31. The Labute approximate surface area is 126 Å². The van der Waals surface area contributed by atoms with Crippen molar-refractivity contribution in [2.45, 2.75) is 0 Å². The highest BCUT2D eigenvalue weighted by Gasteiger charge is 2.11. The molecule has 6 heteroatoms. The number of aromatic nitrogens is 1. The second-order valence-electron chi connectivity index (χ2n) is 3.42. The normalized spacial score (nSPS) is 10.2. The Kier molecular flexibility index (Phi) is 4.37. The zero-order valence-electron chi connectivity index (χ0n) is 8.95. The number of nitrogens with zero attached hydrogens (tertiary/aromatic N) is 1. The van der Waals surface area contributed by atoms with Crippen molar-refractivity contribution >= 4 is 55.1 Å². The zero-order valence-corrected chi connectivity index (χ0v) is 12.9. The molecule has 0 radical (unpaired) electrons. The van der Waals surface area contributed by atoms with Crippen LogP contribution < -0.4 is 5.32 Å². The summed E-state index contributed by atoms with van der Waals surface area (Å²) in [6.45, 7) is 0. The summed E-state index contributed by atoms with van der Waals surface area (Å²) < 4.78 is 1.60. The van der Waals surface area contributed by atoms with Gasteiger partial charge in [-0.1, -0.05) is 17.7 Å². The number of para-hydroxylation sites is 1. The van der Waals surface area contributed by atoms with Crippen molar-refractivity contribution in [3.8, 4) is 0 Å². The Morgan fingerprint density at radius 1 is 1.17 bits per heavy atom. The van der Waals surface area contributed by atoms with Crippen molar-refractivity contribution in [2.75, 3.05) is 5.32 Å². The van der Waals surface area contributed by atoms with Gasteiger partial charge in [0.2, 0.25) is 0 Å². The molecular formula is C12H7Br2ClN2O. The maximum Gasteiger partial charge on any atom is 0.257 e. The number of hydrogen-bond acceptors (Lipinski definition) is 2. The van der Waals surface area contributed by atoms with Crippen molar-refractivity contribution in [3.05, 3.63) is 56.2 Å². The monoisotopic (exact) mass is 388 g/mol. The fourth-order valence-corrected chi connectivity index (χ4v) is 2.62. The van der Waals surface area contributed by atoms with Gasteiger partial charge in [0.25, 0.3) is 5.91 Å². The van der Waals surface area contributed by atoms with E-state index in [1.807, 2.05) is 18.2 Å². The third-order valence-electron chi connectivity index (χ3n) is 2.19. The average Bonchev–Trinajstić information content (AvgIpc) is 2.34. The number of benzene rings is 1. The number of nitrogens with one attached hydrogen (secondary N) is 1. The first-order chi connectivity index (χ1) is 8.58. The first-order valence-electron chi connectivity index (χ1n) is 4.95. The molecule has 1 aromatic carbocycles. The van der Waals surface area contributed by atoms with Gasteiger partial charge in [-0.2, -0.15) is 0 Å². The Balaban J connectivity index is 2.24. The number of hydrogen-bond donors (Lipinski definition) is 1. The van der Waals surface area contributed by atoms with Gasteiger partial charge in [0.05, 0.1) is 11.3 Å². The molecule has 18 heavy (non-hydrogen) atoms. The number of halogens is 3. The van der Waals surface area contributed by atoms with Gasteiger partial charge in [-0.05, 0) is 56.1 Å². The van der Waals surface area contributed by atoms with Crippen LogP contribution >= 0.6 is 43.5 Å². The number of carbonyl (C=O) groups is 1. The zero-order chi connectivity index (χ0) is 13.1. The molecule has 0 aliphatic rings. The molecule has 1 amide bonds. The van der Waals surface area contributed by atoms with Crippen LogP contribution in [0.1, 0.15) is 10.4 Å². The minimum atomic E-state index is -0.244. The smallest absolute Gasteiger partial charge is 0.257 e. The van der Waals surface area contributed by atoms with E-state index in [0.717, 1.165) is 8.95 Å². The standard InChI is InChI=1S/C12H7Br2ClN2O/c13-8-2-1-3-9(14)11(8)17-12(18)7-4-5-10(15)16-6-7/h1-6H,(H,17,18). The highest BCUT2D eigenvalue weighted by atomic mass is 79.9. The van der Waals surface area contributed by atoms with Gasteiger partial charge in [-0.15, -0.1) is 0 Å². The highest BCUT2D eigenvalue weighted by molar-refractivity contribution is 9.11. The van der Waals surface area contributed by atoms with E-state index in [9.17, 15) is 4.79 Å². The van der Waals surface area contributed by atoms with Gasteiger partial charge < -0.3 is 5.32 Å². The van der Waals surface area contributed by atoms with Gasteiger partial charge in [-0.25, -0.2) is 4.98 Å². The van der Waals surface area contributed by atoms with Crippen molar-refractivity contribution in [1.29, 1.82) is 0 Å². The van der Waals surface area contributed by atoms with E-state index in [0.29, 0.717) is 16.4 Å². The summed E-state index contributed by atoms with van der Waals surface area (Å²) in [6, 6.07) is 8.76. The lowest BCUT2D eigenvalue weighted by atomic mass is 10.2. The molecule has 0 aliphatic heterocycles. The molecule has 0 fully saturated rings. The molecule has 2 rings (SSSR count). The average molecular weight is 390 g/mol. The van der Waals surface area contributed by atoms with E-state index >= 15 is 0 Å². The van der Waals surface area contributed by atoms with Crippen LogP contribution in [0.3, 0.4) is 0 Å². The van der Waals surface area contributed by atoms with Crippen LogP contribution in [0.2, 0.25) is 5.15 Å². The largest absolute Gasteiger partial charge is 0.320 e. The van der Waals surface area contributed by atoms with Crippen LogP contribution in [0.5, 0.6) is 0 Å². The number of rotatable bonds is 2. The quantitative estimate of drug-likeness (QED) is 0.767. The predicted octanol–water partition coefficient (Wildman–Crippen LogP) is 4.51. The minimum absolute atomic E-state index is 0.244. The second-order valence-corrected chi connectivity index (χ2v) is 5.52. The van der Waals surface area contributed by atoms with Crippen LogP contribution in [0.25, 0.3) is 0 Å². The predicted molar refractivity (Wildman–Crippen MR) is 79.0 cm³/mol. The molecule has 0 atom stereocenters. The maximum atomic E-state index is 12.0. The van der Waals surface area contributed by atoms with E-state index in [4.69, 9.17) is 11.6 Å². The van der Waals surface area contributed by atoms with E-state index in [-0.39, 0.29) is 5.91 Å². The second kappa shape index (κ2) is 5.82. The van der Waals surface area contributed by atoms with Crippen molar-refractivity contribution in [3.63, 3.8) is 0 Å². The van der Waals surface area contributed by atoms with Crippen molar-refractivity contribution < 1.29 is 4.79 Å². The van der Waals surface area contributed by atoms with Crippen LogP contribution in [0, 0.1) is 0 Å². The lowest BCUT2D eigenvalue weighted by Gasteiger charge is -2.09. The molecule has 0 aliphatic carbocycles. The molecule has 0 saturated heterocycles. The molecule has 3 nitrogen and oxygen atoms in total. The van der Waals surface area contributed by atoms with Gasteiger partial charge in [0, 0.05) is 15.1 Å². The van der Waals surface area contributed by atoms with Crippen LogP contribution in [0.15, 0.2) is 45.5 Å². The summed E-state index contributed by atoms with van der Waals surface area (Å²) >= 11 is 12.4. The summed E-state index contributed by atoms with van der Waals surface area (Å²) in [6.07, 6.45) is 1.43. The van der Waals surface area contributed by atoms with Crippen LogP contribution in [0.4, 0.5) is 5.69 Å². The van der Waals surface area contributed by atoms with E-state index in [1.165, 1.54) is 6.20 Å². The number of anilines is 1. The van der Waals surface area contributed by atoms with Gasteiger partial charge in [-0.3, -0.25) is 4.79 Å². The van der Waals surface area contributed by atoms with E-state index in [1.54, 1.807) is 12.1 Å². The lowest BCUT2D eigenvalue weighted by molar-refractivity contribution is 0.102. The van der Waals surface area contributed by atoms with E-state index < -0.39 is 0 Å². The van der Waals surface area contributed by atoms with Gasteiger partial charge in [0.15, 0.2) is 0 Å². The third-order valence-corrected chi connectivity index (χ3v) is 3.74. The third kappa shape index (κ3) is 3.10. The Morgan fingerprint density at radius 2 is 1.83 bits per heavy atom. The Morgan fingerprint density at radius 3 is 2.39 bits per heavy atom. The Bertz CT molecular complexity index is 567. The topological polar surface area (TPSA) is 42.0 Å². The van der Waals surface area contributed by atoms with Crippen molar-refractivity contribution in [1.82, 2.24) is 4.98 Å².